The Bertz CT molecular complexity index is 461. The van der Waals surface area contributed by atoms with Gasteiger partial charge in [0.25, 0.3) is 0 Å². The zero-order chi connectivity index (χ0) is 14.0. The third-order valence-electron chi connectivity index (χ3n) is 3.01. The molecular weight excluding hydrogens is 299 g/mol. The Kier molecular flexibility index (Phi) is 4.45. The van der Waals surface area contributed by atoms with Gasteiger partial charge >= 0.3 is 6.18 Å². The van der Waals surface area contributed by atoms with Crippen molar-refractivity contribution < 1.29 is 13.2 Å². The minimum atomic E-state index is -4.56. The molecule has 0 unspecified atom stereocenters. The fourth-order valence-corrected chi connectivity index (χ4v) is 2.82. The lowest BCUT2D eigenvalue weighted by atomic mass is 10.2. The van der Waals surface area contributed by atoms with Crippen molar-refractivity contribution >= 4 is 29.2 Å². The Balaban J connectivity index is 2.39. The predicted molar refractivity (Wildman–Crippen MR) is 69.7 cm³/mol. The van der Waals surface area contributed by atoms with E-state index in [1.54, 1.807) is 6.26 Å². The van der Waals surface area contributed by atoms with Gasteiger partial charge in [0.15, 0.2) is 5.16 Å². The SMILES string of the molecule is CSc1nc(Cl)c(C(F)(F)F)c(NC2CCCC2)n1. The van der Waals surface area contributed by atoms with E-state index in [2.05, 4.69) is 15.3 Å². The summed E-state index contributed by atoms with van der Waals surface area (Å²) < 4.78 is 39.0. The van der Waals surface area contributed by atoms with Crippen LogP contribution in [0.25, 0.3) is 0 Å². The number of thioether (sulfide) groups is 1. The lowest BCUT2D eigenvalue weighted by Gasteiger charge is -2.18. The number of aromatic nitrogens is 2. The van der Waals surface area contributed by atoms with E-state index in [4.69, 9.17) is 11.6 Å². The van der Waals surface area contributed by atoms with Gasteiger partial charge in [-0.1, -0.05) is 36.2 Å². The number of hydrogen-bond donors (Lipinski definition) is 1. The summed E-state index contributed by atoms with van der Waals surface area (Å²) in [5.41, 5.74) is -0.973. The van der Waals surface area contributed by atoms with Crippen LogP contribution in [0.15, 0.2) is 5.16 Å². The Morgan fingerprint density at radius 3 is 2.42 bits per heavy atom. The summed E-state index contributed by atoms with van der Waals surface area (Å²) in [4.78, 5) is 7.57. The van der Waals surface area contributed by atoms with Gasteiger partial charge in [-0.3, -0.25) is 0 Å². The summed E-state index contributed by atoms with van der Waals surface area (Å²) in [6.45, 7) is 0. The number of alkyl halides is 3. The van der Waals surface area contributed by atoms with Crippen LogP contribution >= 0.6 is 23.4 Å². The zero-order valence-electron chi connectivity index (χ0n) is 10.2. The van der Waals surface area contributed by atoms with Gasteiger partial charge in [0.1, 0.15) is 16.5 Å². The van der Waals surface area contributed by atoms with Gasteiger partial charge in [-0.25, -0.2) is 9.97 Å². The summed E-state index contributed by atoms with van der Waals surface area (Å²) in [6.07, 6.45) is 0.884. The predicted octanol–water partition coefficient (Wildman–Crippen LogP) is 4.23. The molecule has 0 aliphatic heterocycles. The van der Waals surface area contributed by atoms with Crippen molar-refractivity contribution in [2.75, 3.05) is 11.6 Å². The van der Waals surface area contributed by atoms with Crippen LogP contribution in [-0.2, 0) is 6.18 Å². The Morgan fingerprint density at radius 2 is 1.89 bits per heavy atom. The molecule has 1 aliphatic rings. The van der Waals surface area contributed by atoms with Crippen LogP contribution in [0.5, 0.6) is 0 Å². The van der Waals surface area contributed by atoms with E-state index in [0.717, 1.165) is 37.4 Å². The highest BCUT2D eigenvalue weighted by Gasteiger charge is 2.39. The zero-order valence-corrected chi connectivity index (χ0v) is 11.8. The van der Waals surface area contributed by atoms with Crippen molar-refractivity contribution in [1.29, 1.82) is 0 Å². The van der Waals surface area contributed by atoms with Crippen LogP contribution in [0.4, 0.5) is 19.0 Å². The summed E-state index contributed by atoms with van der Waals surface area (Å²) >= 11 is 6.82. The maximum atomic E-state index is 13.0. The van der Waals surface area contributed by atoms with Crippen LogP contribution in [-0.4, -0.2) is 22.3 Å². The lowest BCUT2D eigenvalue weighted by Crippen LogP contribution is -2.21. The topological polar surface area (TPSA) is 37.8 Å². The summed E-state index contributed by atoms with van der Waals surface area (Å²) in [6, 6.07) is 0.0294. The molecule has 1 aromatic rings. The van der Waals surface area contributed by atoms with E-state index in [1.165, 1.54) is 0 Å². The molecule has 0 atom stereocenters. The smallest absolute Gasteiger partial charge is 0.367 e. The van der Waals surface area contributed by atoms with Crippen molar-refractivity contribution in [2.24, 2.45) is 0 Å². The Hall–Kier alpha value is -0.690. The molecule has 106 valence electrons. The van der Waals surface area contributed by atoms with E-state index in [-0.39, 0.29) is 17.0 Å². The van der Waals surface area contributed by atoms with E-state index < -0.39 is 16.9 Å². The molecular formula is C11H13ClF3N3S. The first kappa shape index (κ1) is 14.7. The van der Waals surface area contributed by atoms with Crippen LogP contribution in [0.2, 0.25) is 5.15 Å². The number of hydrogen-bond acceptors (Lipinski definition) is 4. The molecule has 0 bridgehead atoms. The second kappa shape index (κ2) is 5.75. The van der Waals surface area contributed by atoms with Crippen LogP contribution in [0, 0.1) is 0 Å². The molecule has 1 heterocycles. The van der Waals surface area contributed by atoms with Crippen molar-refractivity contribution in [3.05, 3.63) is 10.7 Å². The van der Waals surface area contributed by atoms with Gasteiger partial charge in [-0.05, 0) is 19.1 Å². The van der Waals surface area contributed by atoms with Gasteiger partial charge < -0.3 is 5.32 Å². The summed E-state index contributed by atoms with van der Waals surface area (Å²) in [5, 5.41) is 2.55. The monoisotopic (exact) mass is 311 g/mol. The highest BCUT2D eigenvalue weighted by atomic mass is 35.5. The minimum absolute atomic E-state index is 0.0294. The van der Waals surface area contributed by atoms with Crippen LogP contribution in [0.1, 0.15) is 31.2 Å². The second-order valence-electron chi connectivity index (χ2n) is 4.35. The van der Waals surface area contributed by atoms with Gasteiger partial charge in [0.05, 0.1) is 0 Å². The van der Waals surface area contributed by atoms with Crippen molar-refractivity contribution in [3.63, 3.8) is 0 Å². The molecule has 0 saturated heterocycles. The quantitative estimate of drug-likeness (QED) is 0.515. The molecule has 0 amide bonds. The fourth-order valence-electron chi connectivity index (χ4n) is 2.12. The molecule has 1 aliphatic carbocycles. The van der Waals surface area contributed by atoms with Gasteiger partial charge in [-0.2, -0.15) is 13.2 Å². The minimum Gasteiger partial charge on any atom is -0.367 e. The number of halogens is 4. The van der Waals surface area contributed by atoms with E-state index in [9.17, 15) is 13.2 Å². The first-order valence-electron chi connectivity index (χ1n) is 5.87. The summed E-state index contributed by atoms with van der Waals surface area (Å²) in [5.74, 6) is -0.205. The number of rotatable bonds is 3. The van der Waals surface area contributed by atoms with Crippen LogP contribution < -0.4 is 5.32 Å². The molecule has 2 rings (SSSR count). The molecule has 1 N–H and O–H groups in total. The van der Waals surface area contributed by atoms with E-state index in [1.807, 2.05) is 0 Å². The van der Waals surface area contributed by atoms with E-state index in [0.29, 0.717) is 0 Å². The molecule has 0 radical (unpaired) electrons. The maximum Gasteiger partial charge on any atom is 0.422 e. The van der Waals surface area contributed by atoms with Gasteiger partial charge in [0.2, 0.25) is 0 Å². The van der Waals surface area contributed by atoms with Crippen molar-refractivity contribution in [3.8, 4) is 0 Å². The maximum absolute atomic E-state index is 13.0. The average Bonchev–Trinajstić information content (AvgIpc) is 2.79. The summed E-state index contributed by atoms with van der Waals surface area (Å²) in [7, 11) is 0. The highest BCUT2D eigenvalue weighted by molar-refractivity contribution is 7.98. The molecule has 0 aromatic carbocycles. The normalized spacial score (nSPS) is 16.9. The molecule has 19 heavy (non-hydrogen) atoms. The molecule has 8 heteroatoms. The Labute approximate surface area is 118 Å². The van der Waals surface area contributed by atoms with Crippen molar-refractivity contribution in [1.82, 2.24) is 9.97 Å². The lowest BCUT2D eigenvalue weighted by molar-refractivity contribution is -0.137. The third-order valence-corrected chi connectivity index (χ3v) is 3.83. The third kappa shape index (κ3) is 3.45. The standard InChI is InChI=1S/C11H13ClF3N3S/c1-19-10-17-8(12)7(11(13,14)15)9(18-10)16-6-4-2-3-5-6/h6H,2-5H2,1H3,(H,16,17,18). The average molecular weight is 312 g/mol. The molecule has 0 spiro atoms. The second-order valence-corrected chi connectivity index (χ2v) is 5.48. The first-order chi connectivity index (χ1) is 8.91. The Morgan fingerprint density at radius 1 is 1.26 bits per heavy atom. The first-order valence-corrected chi connectivity index (χ1v) is 7.47. The number of anilines is 1. The largest absolute Gasteiger partial charge is 0.422 e. The number of nitrogens with zero attached hydrogens (tertiary/aromatic N) is 2. The van der Waals surface area contributed by atoms with E-state index >= 15 is 0 Å². The molecule has 3 nitrogen and oxygen atoms in total. The van der Waals surface area contributed by atoms with Gasteiger partial charge in [0, 0.05) is 6.04 Å². The van der Waals surface area contributed by atoms with Crippen molar-refractivity contribution in [2.45, 2.75) is 43.1 Å². The van der Waals surface area contributed by atoms with Crippen LogP contribution in [0.3, 0.4) is 0 Å². The highest BCUT2D eigenvalue weighted by Crippen LogP contribution is 2.39. The number of nitrogens with one attached hydrogen (secondary N) is 1. The molecule has 1 aromatic heterocycles. The molecule has 1 saturated carbocycles. The molecule has 1 fully saturated rings. The van der Waals surface area contributed by atoms with Gasteiger partial charge in [-0.15, -0.1) is 0 Å². The fraction of sp³-hybridized carbons (Fsp3) is 0.636.